The van der Waals surface area contributed by atoms with Crippen LogP contribution in [-0.4, -0.2) is 49.3 Å². The van der Waals surface area contributed by atoms with Crippen LogP contribution in [0.2, 0.25) is 0 Å². The molecule has 14 heavy (non-hydrogen) atoms. The van der Waals surface area contributed by atoms with E-state index < -0.39 is 0 Å². The largest absolute Gasteiger partial charge is 0.396 e. The van der Waals surface area contributed by atoms with Crippen LogP contribution in [0.1, 0.15) is 33.1 Å². The Morgan fingerprint density at radius 3 is 2.07 bits per heavy atom. The van der Waals surface area contributed by atoms with Crippen LogP contribution >= 0.6 is 0 Å². The van der Waals surface area contributed by atoms with Crippen LogP contribution in [0.15, 0.2) is 0 Å². The average molecular weight is 202 g/mol. The molecule has 1 fully saturated rings. The molecule has 0 aromatic rings. The molecule has 1 heterocycles. The summed E-state index contributed by atoms with van der Waals surface area (Å²) in [5, 5.41) is 11.5. The Kier molecular flexibility index (Phi) is 10.9. The summed E-state index contributed by atoms with van der Waals surface area (Å²) < 4.78 is 0. The third-order valence-electron chi connectivity index (χ3n) is 2.42. The van der Waals surface area contributed by atoms with E-state index >= 15 is 0 Å². The van der Waals surface area contributed by atoms with Gasteiger partial charge >= 0.3 is 0 Å². The van der Waals surface area contributed by atoms with Crippen LogP contribution in [0.25, 0.3) is 0 Å². The second kappa shape index (κ2) is 11.0. The van der Waals surface area contributed by atoms with Crippen molar-refractivity contribution in [2.75, 3.05) is 39.3 Å². The summed E-state index contributed by atoms with van der Waals surface area (Å²) in [5.74, 6) is 0. The molecule has 1 rings (SSSR count). The van der Waals surface area contributed by atoms with Crippen LogP contribution < -0.4 is 5.32 Å². The van der Waals surface area contributed by atoms with Gasteiger partial charge in [-0.3, -0.25) is 0 Å². The third kappa shape index (κ3) is 8.48. The predicted molar refractivity (Wildman–Crippen MR) is 61.6 cm³/mol. The number of aliphatic hydroxyl groups excluding tert-OH is 1. The van der Waals surface area contributed by atoms with Crippen LogP contribution in [0.5, 0.6) is 0 Å². The van der Waals surface area contributed by atoms with E-state index in [1.165, 1.54) is 39.1 Å². The van der Waals surface area contributed by atoms with Gasteiger partial charge in [0.1, 0.15) is 0 Å². The number of hydrogen-bond acceptors (Lipinski definition) is 3. The van der Waals surface area contributed by atoms with Gasteiger partial charge in [-0.1, -0.05) is 26.7 Å². The number of likely N-dealkylation sites (N-methyl/N-ethyl adjacent to an activating group) is 1. The summed E-state index contributed by atoms with van der Waals surface area (Å²) in [6, 6.07) is 0. The highest BCUT2D eigenvalue weighted by Crippen LogP contribution is 1.89. The van der Waals surface area contributed by atoms with Gasteiger partial charge in [-0.15, -0.1) is 0 Å². The minimum Gasteiger partial charge on any atom is -0.396 e. The normalized spacial score (nSPS) is 17.4. The lowest BCUT2D eigenvalue weighted by Crippen LogP contribution is -2.43. The molecular formula is C11H26N2O. The first kappa shape index (κ1) is 13.9. The van der Waals surface area contributed by atoms with Crippen molar-refractivity contribution in [3.63, 3.8) is 0 Å². The zero-order chi connectivity index (χ0) is 10.6. The highest BCUT2D eigenvalue weighted by molar-refractivity contribution is 4.64. The van der Waals surface area contributed by atoms with Gasteiger partial charge in [0.2, 0.25) is 0 Å². The monoisotopic (exact) mass is 202 g/mol. The van der Waals surface area contributed by atoms with Gasteiger partial charge in [0, 0.05) is 32.8 Å². The highest BCUT2D eigenvalue weighted by Gasteiger charge is 2.04. The van der Waals surface area contributed by atoms with E-state index in [0.29, 0.717) is 6.61 Å². The lowest BCUT2D eigenvalue weighted by molar-refractivity contribution is 0.253. The van der Waals surface area contributed by atoms with Crippen molar-refractivity contribution in [1.29, 1.82) is 0 Å². The van der Waals surface area contributed by atoms with E-state index in [-0.39, 0.29) is 0 Å². The predicted octanol–water partition coefficient (Wildman–Crippen LogP) is 1.08. The highest BCUT2D eigenvalue weighted by atomic mass is 16.2. The topological polar surface area (TPSA) is 35.5 Å². The zero-order valence-electron chi connectivity index (χ0n) is 9.76. The van der Waals surface area contributed by atoms with Gasteiger partial charge in [0.25, 0.3) is 0 Å². The first-order valence-corrected chi connectivity index (χ1v) is 5.89. The molecule has 3 heteroatoms. The number of aliphatic hydroxyl groups is 1. The molecule has 1 saturated heterocycles. The van der Waals surface area contributed by atoms with Crippen molar-refractivity contribution in [1.82, 2.24) is 10.2 Å². The molecule has 2 N–H and O–H groups in total. The minimum absolute atomic E-state index is 0.355. The molecule has 0 spiro atoms. The Hall–Kier alpha value is -0.120. The summed E-state index contributed by atoms with van der Waals surface area (Å²) in [6.45, 7) is 10.7. The van der Waals surface area contributed by atoms with Crippen LogP contribution in [0, 0.1) is 0 Å². The maximum atomic E-state index is 8.20. The van der Waals surface area contributed by atoms with Crippen LogP contribution in [-0.2, 0) is 0 Å². The summed E-state index contributed by atoms with van der Waals surface area (Å²) in [5.41, 5.74) is 0. The molecule has 0 unspecified atom stereocenters. The molecular weight excluding hydrogens is 176 g/mol. The van der Waals surface area contributed by atoms with Gasteiger partial charge in [-0.2, -0.15) is 0 Å². The minimum atomic E-state index is 0.355. The summed E-state index contributed by atoms with van der Waals surface area (Å²) >= 11 is 0. The standard InChI is InChI=1S/C6H14N2.C5H12O/c1-2-8-5-3-7-4-6-8;1-2-3-4-5-6/h7H,2-6H2,1H3;6H,2-5H2,1H3. The van der Waals surface area contributed by atoms with E-state index in [2.05, 4.69) is 24.1 Å². The smallest absolute Gasteiger partial charge is 0.0431 e. The molecule has 1 aliphatic heterocycles. The van der Waals surface area contributed by atoms with E-state index in [1.54, 1.807) is 0 Å². The van der Waals surface area contributed by atoms with Crippen molar-refractivity contribution >= 4 is 0 Å². The van der Waals surface area contributed by atoms with Crippen molar-refractivity contribution in [3.8, 4) is 0 Å². The van der Waals surface area contributed by atoms with Crippen molar-refractivity contribution in [2.24, 2.45) is 0 Å². The van der Waals surface area contributed by atoms with Gasteiger partial charge in [-0.05, 0) is 13.0 Å². The van der Waals surface area contributed by atoms with Gasteiger partial charge in [0.15, 0.2) is 0 Å². The molecule has 0 amide bonds. The van der Waals surface area contributed by atoms with Crippen molar-refractivity contribution < 1.29 is 5.11 Å². The molecule has 0 bridgehead atoms. The maximum absolute atomic E-state index is 8.20. The summed E-state index contributed by atoms with van der Waals surface area (Å²) in [7, 11) is 0. The first-order chi connectivity index (χ1) is 6.85. The lowest BCUT2D eigenvalue weighted by atomic mass is 10.3. The lowest BCUT2D eigenvalue weighted by Gasteiger charge is -2.25. The van der Waals surface area contributed by atoms with E-state index in [1.807, 2.05) is 0 Å². The Bertz CT molecular complexity index is 99.5. The number of nitrogens with zero attached hydrogens (tertiary/aromatic N) is 1. The van der Waals surface area contributed by atoms with Gasteiger partial charge in [0.05, 0.1) is 0 Å². The molecule has 0 aromatic heterocycles. The first-order valence-electron chi connectivity index (χ1n) is 5.89. The molecule has 0 atom stereocenters. The van der Waals surface area contributed by atoms with E-state index in [4.69, 9.17) is 5.11 Å². The van der Waals surface area contributed by atoms with Gasteiger partial charge < -0.3 is 15.3 Å². The Balaban J connectivity index is 0.000000255. The maximum Gasteiger partial charge on any atom is 0.0431 e. The summed E-state index contributed by atoms with van der Waals surface area (Å²) in [4.78, 5) is 2.45. The fraction of sp³-hybridized carbons (Fsp3) is 1.00. The molecule has 1 aliphatic rings. The van der Waals surface area contributed by atoms with Crippen LogP contribution in [0.4, 0.5) is 0 Å². The molecule has 3 nitrogen and oxygen atoms in total. The quantitative estimate of drug-likeness (QED) is 0.670. The number of piperazine rings is 1. The molecule has 0 radical (unpaired) electrons. The molecule has 86 valence electrons. The number of hydrogen-bond donors (Lipinski definition) is 2. The third-order valence-corrected chi connectivity index (χ3v) is 2.42. The fourth-order valence-corrected chi connectivity index (χ4v) is 1.39. The zero-order valence-corrected chi connectivity index (χ0v) is 9.76. The molecule has 0 saturated carbocycles. The second-order valence-electron chi connectivity index (χ2n) is 3.61. The Morgan fingerprint density at radius 2 is 1.79 bits per heavy atom. The SMILES string of the molecule is CCCCCO.CCN1CCNCC1. The number of rotatable bonds is 4. The van der Waals surface area contributed by atoms with Gasteiger partial charge in [-0.25, -0.2) is 0 Å². The van der Waals surface area contributed by atoms with Crippen molar-refractivity contribution in [2.45, 2.75) is 33.1 Å². The number of nitrogens with one attached hydrogen (secondary N) is 1. The average Bonchev–Trinajstić information content (AvgIpc) is 2.28. The van der Waals surface area contributed by atoms with E-state index in [9.17, 15) is 0 Å². The fourth-order valence-electron chi connectivity index (χ4n) is 1.39. The Labute approximate surface area is 88.5 Å². The molecule has 0 aromatic carbocycles. The van der Waals surface area contributed by atoms with Crippen molar-refractivity contribution in [3.05, 3.63) is 0 Å². The molecule has 0 aliphatic carbocycles. The van der Waals surface area contributed by atoms with Crippen LogP contribution in [0.3, 0.4) is 0 Å². The summed E-state index contributed by atoms with van der Waals surface area (Å²) in [6.07, 6.45) is 3.33. The number of unbranched alkanes of at least 4 members (excludes halogenated alkanes) is 2. The van der Waals surface area contributed by atoms with E-state index in [0.717, 1.165) is 12.8 Å². The second-order valence-corrected chi connectivity index (χ2v) is 3.61. The Morgan fingerprint density at radius 1 is 1.14 bits per heavy atom.